The Hall–Kier alpha value is 0.270. The molecular formula is C11H22N2S. The lowest BCUT2D eigenvalue weighted by atomic mass is 9.88. The van der Waals surface area contributed by atoms with Crippen molar-refractivity contribution < 1.29 is 0 Å². The van der Waals surface area contributed by atoms with Gasteiger partial charge < -0.3 is 10.6 Å². The summed E-state index contributed by atoms with van der Waals surface area (Å²) in [7, 11) is 0. The quantitative estimate of drug-likeness (QED) is 0.644. The molecule has 2 rings (SSSR count). The van der Waals surface area contributed by atoms with Crippen LogP contribution >= 0.6 is 11.8 Å². The van der Waals surface area contributed by atoms with Gasteiger partial charge in [-0.3, -0.25) is 0 Å². The van der Waals surface area contributed by atoms with Crippen LogP contribution in [0.25, 0.3) is 0 Å². The van der Waals surface area contributed by atoms with Crippen molar-refractivity contribution in [2.75, 3.05) is 13.1 Å². The van der Waals surface area contributed by atoms with Gasteiger partial charge in [0, 0.05) is 10.8 Å². The maximum atomic E-state index is 3.74. The normalized spacial score (nSPS) is 42.6. The molecule has 14 heavy (non-hydrogen) atoms. The van der Waals surface area contributed by atoms with Gasteiger partial charge in [0.05, 0.1) is 4.87 Å². The molecule has 2 fully saturated rings. The minimum Gasteiger partial charge on any atom is -0.312 e. The largest absolute Gasteiger partial charge is 0.312 e. The molecule has 2 unspecified atom stereocenters. The molecule has 2 aliphatic rings. The van der Waals surface area contributed by atoms with Crippen LogP contribution < -0.4 is 10.6 Å². The van der Waals surface area contributed by atoms with E-state index >= 15 is 0 Å². The Morgan fingerprint density at radius 1 is 1.21 bits per heavy atom. The van der Waals surface area contributed by atoms with Gasteiger partial charge in [0.25, 0.3) is 0 Å². The van der Waals surface area contributed by atoms with Crippen LogP contribution in [0.2, 0.25) is 0 Å². The van der Waals surface area contributed by atoms with Gasteiger partial charge in [0.15, 0.2) is 0 Å². The van der Waals surface area contributed by atoms with Crippen molar-refractivity contribution in [3.63, 3.8) is 0 Å². The van der Waals surface area contributed by atoms with Gasteiger partial charge in [-0.05, 0) is 46.2 Å². The van der Waals surface area contributed by atoms with Crippen molar-refractivity contribution in [3.8, 4) is 0 Å². The summed E-state index contributed by atoms with van der Waals surface area (Å²) in [6.45, 7) is 9.34. The zero-order valence-electron chi connectivity index (χ0n) is 9.52. The maximum Gasteiger partial charge on any atom is 0.0677 e. The lowest BCUT2D eigenvalue weighted by Crippen LogP contribution is -2.60. The SMILES string of the molecule is CC1CCNC2(CCNC(C)(C)C2)S1. The highest BCUT2D eigenvalue weighted by Crippen LogP contribution is 2.42. The van der Waals surface area contributed by atoms with Gasteiger partial charge in [-0.25, -0.2) is 0 Å². The number of nitrogens with one attached hydrogen (secondary N) is 2. The molecule has 82 valence electrons. The van der Waals surface area contributed by atoms with Gasteiger partial charge in [-0.1, -0.05) is 6.92 Å². The minimum absolute atomic E-state index is 0.301. The summed E-state index contributed by atoms with van der Waals surface area (Å²) in [5, 5.41) is 8.16. The van der Waals surface area contributed by atoms with E-state index < -0.39 is 0 Å². The van der Waals surface area contributed by atoms with Crippen molar-refractivity contribution in [2.24, 2.45) is 0 Å². The first-order valence-electron chi connectivity index (χ1n) is 5.69. The van der Waals surface area contributed by atoms with E-state index in [1.807, 2.05) is 0 Å². The standard InChI is InChI=1S/C11H22N2S/c1-9-4-6-13-11(14-9)5-7-12-10(2,3)8-11/h9,12-13H,4-8H2,1-3H3. The number of rotatable bonds is 0. The fraction of sp³-hybridized carbons (Fsp3) is 1.00. The lowest BCUT2D eigenvalue weighted by molar-refractivity contribution is 0.221. The van der Waals surface area contributed by atoms with Crippen LogP contribution in [0.4, 0.5) is 0 Å². The van der Waals surface area contributed by atoms with Crippen molar-refractivity contribution in [1.29, 1.82) is 0 Å². The first-order chi connectivity index (χ1) is 6.52. The molecule has 2 nitrogen and oxygen atoms in total. The second-order valence-electron chi connectivity index (χ2n) is 5.38. The summed E-state index contributed by atoms with van der Waals surface area (Å²) in [6.07, 6.45) is 3.83. The fourth-order valence-corrected chi connectivity index (χ4v) is 4.56. The molecule has 1 spiro atoms. The molecular weight excluding hydrogens is 192 g/mol. The predicted molar refractivity (Wildman–Crippen MR) is 63.7 cm³/mol. The third kappa shape index (κ3) is 2.26. The van der Waals surface area contributed by atoms with E-state index in [-0.39, 0.29) is 0 Å². The molecule has 0 aromatic carbocycles. The smallest absolute Gasteiger partial charge is 0.0677 e. The molecule has 0 aliphatic carbocycles. The van der Waals surface area contributed by atoms with Crippen LogP contribution in [-0.4, -0.2) is 28.7 Å². The van der Waals surface area contributed by atoms with Crippen molar-refractivity contribution >= 4 is 11.8 Å². The van der Waals surface area contributed by atoms with Crippen molar-refractivity contribution in [3.05, 3.63) is 0 Å². The average molecular weight is 214 g/mol. The van der Waals surface area contributed by atoms with E-state index in [0.717, 1.165) is 11.8 Å². The van der Waals surface area contributed by atoms with Crippen molar-refractivity contribution in [2.45, 2.75) is 55.7 Å². The van der Waals surface area contributed by atoms with Gasteiger partial charge >= 0.3 is 0 Å². The minimum atomic E-state index is 0.301. The highest BCUT2D eigenvalue weighted by atomic mass is 32.2. The molecule has 0 bridgehead atoms. The van der Waals surface area contributed by atoms with Crippen LogP contribution in [0.3, 0.4) is 0 Å². The van der Waals surface area contributed by atoms with E-state index in [0.29, 0.717) is 10.4 Å². The molecule has 0 aromatic heterocycles. The summed E-state index contributed by atoms with van der Waals surface area (Å²) in [5.41, 5.74) is 0.301. The van der Waals surface area contributed by atoms with Crippen LogP contribution in [-0.2, 0) is 0 Å². The van der Waals surface area contributed by atoms with E-state index in [2.05, 4.69) is 43.2 Å². The number of piperidine rings is 1. The molecule has 0 radical (unpaired) electrons. The van der Waals surface area contributed by atoms with Crippen LogP contribution in [0, 0.1) is 0 Å². The Labute approximate surface area is 91.6 Å². The summed E-state index contributed by atoms with van der Waals surface area (Å²) >= 11 is 2.16. The third-order valence-electron chi connectivity index (χ3n) is 3.28. The molecule has 2 saturated heterocycles. The van der Waals surface area contributed by atoms with Crippen LogP contribution in [0.15, 0.2) is 0 Å². The first kappa shape index (κ1) is 10.8. The predicted octanol–water partition coefficient (Wildman–Crippen LogP) is 1.96. The Morgan fingerprint density at radius 3 is 2.64 bits per heavy atom. The first-order valence-corrected chi connectivity index (χ1v) is 6.57. The molecule has 0 aromatic rings. The summed E-state index contributed by atoms with van der Waals surface area (Å²) in [5.74, 6) is 0. The highest BCUT2D eigenvalue weighted by Gasteiger charge is 2.42. The van der Waals surface area contributed by atoms with E-state index in [9.17, 15) is 0 Å². The zero-order chi connectivity index (χ0) is 10.2. The van der Waals surface area contributed by atoms with E-state index in [1.165, 1.54) is 25.8 Å². The lowest BCUT2D eigenvalue weighted by Gasteiger charge is -2.49. The van der Waals surface area contributed by atoms with E-state index in [4.69, 9.17) is 0 Å². The Bertz CT molecular complexity index is 213. The number of hydrogen-bond acceptors (Lipinski definition) is 3. The maximum absolute atomic E-state index is 3.74. The van der Waals surface area contributed by atoms with E-state index in [1.54, 1.807) is 0 Å². The third-order valence-corrected chi connectivity index (χ3v) is 4.87. The molecule has 3 heteroatoms. The topological polar surface area (TPSA) is 24.1 Å². The van der Waals surface area contributed by atoms with Gasteiger partial charge in [-0.15, -0.1) is 11.8 Å². The number of thioether (sulfide) groups is 1. The van der Waals surface area contributed by atoms with Crippen LogP contribution in [0.1, 0.15) is 40.0 Å². The molecule has 2 atom stereocenters. The molecule has 2 aliphatic heterocycles. The Balaban J connectivity index is 2.06. The zero-order valence-corrected chi connectivity index (χ0v) is 10.3. The molecule has 2 heterocycles. The Kier molecular flexibility index (Phi) is 2.84. The summed E-state index contributed by atoms with van der Waals surface area (Å²) in [6, 6.07) is 0. The van der Waals surface area contributed by atoms with Gasteiger partial charge in [-0.2, -0.15) is 0 Å². The van der Waals surface area contributed by atoms with Gasteiger partial charge in [0.1, 0.15) is 0 Å². The number of hydrogen-bond donors (Lipinski definition) is 2. The average Bonchev–Trinajstić information content (AvgIpc) is 2.00. The second kappa shape index (κ2) is 3.69. The monoisotopic (exact) mass is 214 g/mol. The van der Waals surface area contributed by atoms with Crippen LogP contribution in [0.5, 0.6) is 0 Å². The fourth-order valence-electron chi connectivity index (χ4n) is 2.71. The highest BCUT2D eigenvalue weighted by molar-refractivity contribution is 8.01. The summed E-state index contributed by atoms with van der Waals surface area (Å²) < 4.78 is 0. The summed E-state index contributed by atoms with van der Waals surface area (Å²) in [4.78, 5) is 0.367. The second-order valence-corrected chi connectivity index (χ2v) is 7.20. The molecule has 0 saturated carbocycles. The van der Waals surface area contributed by atoms with Crippen molar-refractivity contribution in [1.82, 2.24) is 10.6 Å². The molecule has 0 amide bonds. The van der Waals surface area contributed by atoms with Gasteiger partial charge in [0.2, 0.25) is 0 Å². The molecule has 2 N–H and O–H groups in total. The Morgan fingerprint density at radius 2 is 2.00 bits per heavy atom.